The third-order valence-corrected chi connectivity index (χ3v) is 6.99. The molecule has 1 saturated heterocycles. The second-order valence-electron chi connectivity index (χ2n) is 8.43. The number of ether oxygens (including phenoxy) is 2. The predicted molar refractivity (Wildman–Crippen MR) is 101 cm³/mol. The van der Waals surface area contributed by atoms with Crippen LogP contribution in [0.4, 0.5) is 0 Å². The molecule has 5 rings (SSSR count). The molecular weight excluding hydrogens is 358 g/mol. The second kappa shape index (κ2) is 6.08. The van der Waals surface area contributed by atoms with Gasteiger partial charge in [-0.1, -0.05) is 6.07 Å². The summed E-state index contributed by atoms with van der Waals surface area (Å²) in [6, 6.07) is 3.66. The number of phenolic OH excluding ortho intramolecular Hbond substituents is 1. The van der Waals surface area contributed by atoms with Crippen LogP contribution in [0.15, 0.2) is 23.8 Å². The number of aromatic hydroxyl groups is 1. The number of methoxy groups -OCH3 is 2. The molecule has 1 N–H and O–H groups in total. The Kier molecular flexibility index (Phi) is 3.85. The zero-order chi connectivity index (χ0) is 19.6. The van der Waals surface area contributed by atoms with Gasteiger partial charge in [0.2, 0.25) is 5.91 Å². The molecule has 3 atom stereocenters. The van der Waals surface area contributed by atoms with Crippen LogP contribution in [0.1, 0.15) is 36.8 Å². The number of likely N-dealkylation sites (tertiary alicyclic amines) is 1. The molecule has 1 unspecified atom stereocenters. The van der Waals surface area contributed by atoms with E-state index in [1.165, 1.54) is 14.2 Å². The smallest absolute Gasteiger partial charge is 0.226 e. The fourth-order valence-electron chi connectivity index (χ4n) is 5.51. The molecule has 6 heteroatoms. The van der Waals surface area contributed by atoms with Gasteiger partial charge in [0.15, 0.2) is 17.3 Å². The molecule has 0 spiro atoms. The molecule has 1 aliphatic heterocycles. The quantitative estimate of drug-likeness (QED) is 0.809. The monoisotopic (exact) mass is 383 g/mol. The number of hydrogen-bond donors (Lipinski definition) is 1. The molecule has 1 heterocycles. The Morgan fingerprint density at radius 1 is 1.29 bits per heavy atom. The molecule has 148 valence electrons. The van der Waals surface area contributed by atoms with Gasteiger partial charge in [0.05, 0.1) is 13.2 Å². The number of nitrogens with zero attached hydrogens (tertiary/aromatic N) is 1. The number of ketones is 1. The van der Waals surface area contributed by atoms with E-state index in [9.17, 15) is 14.7 Å². The minimum Gasteiger partial charge on any atom is -0.504 e. The third kappa shape index (κ3) is 2.30. The second-order valence-corrected chi connectivity index (χ2v) is 8.43. The van der Waals surface area contributed by atoms with Crippen LogP contribution in [0.5, 0.6) is 11.5 Å². The minimum atomic E-state index is -0.587. The van der Waals surface area contributed by atoms with E-state index >= 15 is 0 Å². The first-order valence-electron chi connectivity index (χ1n) is 9.97. The lowest BCUT2D eigenvalue weighted by atomic mass is 9.56. The van der Waals surface area contributed by atoms with Crippen LogP contribution in [-0.4, -0.2) is 54.6 Å². The molecule has 1 aromatic carbocycles. The Bertz CT molecular complexity index is 902. The lowest BCUT2D eigenvalue weighted by Gasteiger charge is -2.55. The highest BCUT2D eigenvalue weighted by Crippen LogP contribution is 2.57. The molecule has 1 saturated carbocycles. The minimum absolute atomic E-state index is 0.0158. The molecular formula is C22H25NO5. The van der Waals surface area contributed by atoms with Gasteiger partial charge in [-0.2, -0.15) is 0 Å². The van der Waals surface area contributed by atoms with Crippen molar-refractivity contribution < 1.29 is 24.2 Å². The van der Waals surface area contributed by atoms with Crippen molar-refractivity contribution in [1.82, 2.24) is 4.90 Å². The van der Waals surface area contributed by atoms with Gasteiger partial charge in [0.25, 0.3) is 0 Å². The summed E-state index contributed by atoms with van der Waals surface area (Å²) in [5, 5.41) is 11.0. The molecule has 6 nitrogen and oxygen atoms in total. The van der Waals surface area contributed by atoms with E-state index in [0.717, 1.165) is 29.5 Å². The molecule has 3 aliphatic carbocycles. The SMILES string of the molecule is COc1ccc2c(c1O)[C@@]13CCN(C(=O)C4CC4)[C@@H](C2)C1=CC(OC)C(=O)C3. The lowest BCUT2D eigenvalue weighted by Crippen LogP contribution is -2.59. The van der Waals surface area contributed by atoms with Crippen LogP contribution in [0.2, 0.25) is 0 Å². The number of amides is 1. The van der Waals surface area contributed by atoms with Crippen molar-refractivity contribution in [2.24, 2.45) is 5.92 Å². The van der Waals surface area contributed by atoms with Crippen molar-refractivity contribution in [2.75, 3.05) is 20.8 Å². The summed E-state index contributed by atoms with van der Waals surface area (Å²) in [5.74, 6) is 0.939. The number of Topliss-reactive ketones (excluding diaryl/α,β-unsaturated/α-hetero) is 1. The number of benzene rings is 1. The van der Waals surface area contributed by atoms with Crippen molar-refractivity contribution in [1.29, 1.82) is 0 Å². The summed E-state index contributed by atoms with van der Waals surface area (Å²) in [6.07, 6.45) is 4.82. The first-order valence-corrected chi connectivity index (χ1v) is 9.97. The molecule has 2 fully saturated rings. The van der Waals surface area contributed by atoms with Crippen LogP contribution in [0.25, 0.3) is 0 Å². The van der Waals surface area contributed by atoms with Crippen LogP contribution < -0.4 is 4.74 Å². The van der Waals surface area contributed by atoms with E-state index < -0.39 is 11.5 Å². The van der Waals surface area contributed by atoms with E-state index in [-0.39, 0.29) is 35.8 Å². The van der Waals surface area contributed by atoms with E-state index in [4.69, 9.17) is 9.47 Å². The number of fused-ring (bicyclic) bond motifs is 1. The van der Waals surface area contributed by atoms with Crippen LogP contribution >= 0.6 is 0 Å². The summed E-state index contributed by atoms with van der Waals surface area (Å²) < 4.78 is 10.8. The standard InChI is InChI=1S/C22H25NO5/c1-27-17-6-5-13-9-15-14-10-18(28-2)16(24)11-22(14,19(13)20(17)25)7-8-23(15)21(26)12-3-4-12/h5-6,10,12,15,18,25H,3-4,7-9,11H2,1-2H3/t15-,18?,22+/m0/s1. The Morgan fingerprint density at radius 3 is 2.75 bits per heavy atom. The molecule has 0 radical (unpaired) electrons. The number of hydrogen-bond acceptors (Lipinski definition) is 5. The Balaban J connectivity index is 1.70. The maximum Gasteiger partial charge on any atom is 0.226 e. The molecule has 1 aromatic rings. The molecule has 2 bridgehead atoms. The molecule has 0 aromatic heterocycles. The van der Waals surface area contributed by atoms with Crippen molar-refractivity contribution in [2.45, 2.75) is 49.7 Å². The molecule has 1 amide bonds. The van der Waals surface area contributed by atoms with Gasteiger partial charge in [-0.25, -0.2) is 0 Å². The fourth-order valence-corrected chi connectivity index (χ4v) is 5.51. The van der Waals surface area contributed by atoms with E-state index in [2.05, 4.69) is 0 Å². The van der Waals surface area contributed by atoms with Crippen molar-refractivity contribution in [3.8, 4) is 11.5 Å². The van der Waals surface area contributed by atoms with Crippen LogP contribution in [0.3, 0.4) is 0 Å². The van der Waals surface area contributed by atoms with Gasteiger partial charge in [0, 0.05) is 37.0 Å². The van der Waals surface area contributed by atoms with Crippen molar-refractivity contribution in [3.05, 3.63) is 34.9 Å². The number of phenols is 1. The van der Waals surface area contributed by atoms with Crippen molar-refractivity contribution in [3.63, 3.8) is 0 Å². The largest absolute Gasteiger partial charge is 0.504 e. The van der Waals surface area contributed by atoms with Gasteiger partial charge in [0.1, 0.15) is 6.10 Å². The van der Waals surface area contributed by atoms with Gasteiger partial charge in [-0.05, 0) is 49.0 Å². The predicted octanol–water partition coefficient (Wildman–Crippen LogP) is 2.12. The highest BCUT2D eigenvalue weighted by atomic mass is 16.5. The summed E-state index contributed by atoms with van der Waals surface area (Å²) in [6.45, 7) is 0.609. The van der Waals surface area contributed by atoms with Gasteiger partial charge >= 0.3 is 0 Å². The number of carbonyl (C=O) groups is 2. The summed E-state index contributed by atoms with van der Waals surface area (Å²) in [4.78, 5) is 27.8. The average Bonchev–Trinajstić information content (AvgIpc) is 3.52. The first kappa shape index (κ1) is 17.7. The van der Waals surface area contributed by atoms with E-state index in [0.29, 0.717) is 25.1 Å². The van der Waals surface area contributed by atoms with Gasteiger partial charge in [-0.3, -0.25) is 9.59 Å². The van der Waals surface area contributed by atoms with Crippen molar-refractivity contribution >= 4 is 11.7 Å². The number of rotatable bonds is 3. The van der Waals surface area contributed by atoms with Crippen LogP contribution in [-0.2, 0) is 26.2 Å². The molecule has 4 aliphatic rings. The van der Waals surface area contributed by atoms with E-state index in [1.54, 1.807) is 6.07 Å². The zero-order valence-electron chi connectivity index (χ0n) is 16.2. The summed E-state index contributed by atoms with van der Waals surface area (Å²) in [5.41, 5.74) is 2.27. The highest BCUT2D eigenvalue weighted by Gasteiger charge is 2.56. The third-order valence-electron chi connectivity index (χ3n) is 6.99. The number of piperidine rings is 1. The Morgan fingerprint density at radius 2 is 2.07 bits per heavy atom. The van der Waals surface area contributed by atoms with Crippen LogP contribution in [0, 0.1) is 5.92 Å². The normalized spacial score (nSPS) is 31.0. The summed E-state index contributed by atoms with van der Waals surface area (Å²) in [7, 11) is 3.07. The Labute approximate surface area is 164 Å². The Hall–Kier alpha value is -2.34. The maximum absolute atomic E-state index is 13.0. The van der Waals surface area contributed by atoms with Gasteiger partial charge < -0.3 is 19.5 Å². The topological polar surface area (TPSA) is 76.1 Å². The van der Waals surface area contributed by atoms with Gasteiger partial charge in [-0.15, -0.1) is 0 Å². The first-order chi connectivity index (χ1) is 13.5. The molecule has 28 heavy (non-hydrogen) atoms. The summed E-state index contributed by atoms with van der Waals surface area (Å²) >= 11 is 0. The van der Waals surface area contributed by atoms with E-state index in [1.807, 2.05) is 17.0 Å². The lowest BCUT2D eigenvalue weighted by molar-refractivity contribution is -0.136. The maximum atomic E-state index is 13.0. The zero-order valence-corrected chi connectivity index (χ0v) is 16.2. The average molecular weight is 383 g/mol. The number of carbonyl (C=O) groups excluding carboxylic acids is 2. The fraction of sp³-hybridized carbons (Fsp3) is 0.545. The highest BCUT2D eigenvalue weighted by molar-refractivity contribution is 5.91.